The van der Waals surface area contributed by atoms with Crippen molar-refractivity contribution in [2.45, 2.75) is 58.7 Å². The Morgan fingerprint density at radius 2 is 2.00 bits per heavy atom. The molecule has 0 aliphatic heterocycles. The molecule has 0 aliphatic rings. The third kappa shape index (κ3) is 5.73. The molecule has 1 unspecified atom stereocenters. The number of rotatable bonds is 7. The van der Waals surface area contributed by atoms with Crippen LogP contribution in [0.1, 0.15) is 45.6 Å². The molecule has 0 saturated heterocycles. The topological polar surface area (TPSA) is 29.5 Å². The van der Waals surface area contributed by atoms with Gasteiger partial charge in [-0.25, -0.2) is 0 Å². The fourth-order valence-electron chi connectivity index (χ4n) is 1.86. The summed E-state index contributed by atoms with van der Waals surface area (Å²) in [6.45, 7) is 6.15. The lowest BCUT2D eigenvalue weighted by atomic mass is 10.0. The zero-order valence-corrected chi connectivity index (χ0v) is 11.1. The summed E-state index contributed by atoms with van der Waals surface area (Å²) in [7, 11) is 0. The van der Waals surface area contributed by atoms with Gasteiger partial charge in [0.05, 0.1) is 12.2 Å². The number of aryl methyl sites for hydroxylation is 1. The molecule has 0 amide bonds. The number of aliphatic hydroxyl groups is 1. The van der Waals surface area contributed by atoms with E-state index in [-0.39, 0.29) is 12.2 Å². The Hall–Kier alpha value is -1.02. The van der Waals surface area contributed by atoms with Crippen molar-refractivity contribution in [2.75, 3.05) is 0 Å². The van der Waals surface area contributed by atoms with Crippen molar-refractivity contribution in [2.24, 2.45) is 0 Å². The minimum atomic E-state index is -0.172. The van der Waals surface area contributed by atoms with Crippen LogP contribution in [0.3, 0.4) is 0 Å². The number of benzene rings is 1. The van der Waals surface area contributed by atoms with E-state index in [0.29, 0.717) is 0 Å². The molecule has 0 saturated carbocycles. The van der Waals surface area contributed by atoms with Crippen LogP contribution in [-0.4, -0.2) is 17.3 Å². The first-order valence-electron chi connectivity index (χ1n) is 6.55. The Labute approximate surface area is 105 Å². The van der Waals surface area contributed by atoms with Crippen LogP contribution in [0.2, 0.25) is 0 Å². The standard InChI is InChI=1S/C15H24O2/c1-4-6-14(16)10-9-13-7-5-8-15(11-13)17-12(2)3/h5,7-8,11-12,14,16H,4,6,9-10H2,1-3H3. The average Bonchev–Trinajstić information content (AvgIpc) is 2.26. The van der Waals surface area contributed by atoms with Crippen molar-refractivity contribution < 1.29 is 9.84 Å². The molecule has 1 rings (SSSR count). The molecule has 1 aromatic rings. The predicted molar refractivity (Wildman–Crippen MR) is 71.4 cm³/mol. The first-order chi connectivity index (χ1) is 8.11. The first-order valence-corrected chi connectivity index (χ1v) is 6.55. The van der Waals surface area contributed by atoms with Crippen molar-refractivity contribution in [3.63, 3.8) is 0 Å². The lowest BCUT2D eigenvalue weighted by Crippen LogP contribution is -2.08. The highest BCUT2D eigenvalue weighted by molar-refractivity contribution is 5.28. The molecule has 0 bridgehead atoms. The molecule has 0 heterocycles. The van der Waals surface area contributed by atoms with Crippen molar-refractivity contribution in [1.82, 2.24) is 0 Å². The molecule has 0 spiro atoms. The van der Waals surface area contributed by atoms with Gasteiger partial charge in [0.15, 0.2) is 0 Å². The second-order valence-corrected chi connectivity index (χ2v) is 4.80. The second-order valence-electron chi connectivity index (χ2n) is 4.80. The molecular weight excluding hydrogens is 212 g/mol. The monoisotopic (exact) mass is 236 g/mol. The van der Waals surface area contributed by atoms with Crippen LogP contribution in [0.5, 0.6) is 5.75 Å². The Morgan fingerprint density at radius 3 is 2.65 bits per heavy atom. The lowest BCUT2D eigenvalue weighted by Gasteiger charge is -2.12. The van der Waals surface area contributed by atoms with Gasteiger partial charge in [0.25, 0.3) is 0 Å². The molecule has 2 heteroatoms. The smallest absolute Gasteiger partial charge is 0.119 e. The van der Waals surface area contributed by atoms with E-state index in [9.17, 15) is 5.11 Å². The van der Waals surface area contributed by atoms with Crippen LogP contribution in [0, 0.1) is 0 Å². The average molecular weight is 236 g/mol. The minimum Gasteiger partial charge on any atom is -0.491 e. The van der Waals surface area contributed by atoms with Gasteiger partial charge in [-0.1, -0.05) is 25.5 Å². The van der Waals surface area contributed by atoms with Gasteiger partial charge in [-0.3, -0.25) is 0 Å². The fourth-order valence-corrected chi connectivity index (χ4v) is 1.86. The Morgan fingerprint density at radius 1 is 1.24 bits per heavy atom. The van der Waals surface area contributed by atoms with E-state index in [2.05, 4.69) is 19.1 Å². The molecule has 0 radical (unpaired) electrons. The van der Waals surface area contributed by atoms with Crippen LogP contribution in [0.25, 0.3) is 0 Å². The molecule has 0 aliphatic carbocycles. The van der Waals surface area contributed by atoms with Gasteiger partial charge >= 0.3 is 0 Å². The Kier molecular flexibility index (Phi) is 6.06. The second kappa shape index (κ2) is 7.33. The molecule has 17 heavy (non-hydrogen) atoms. The number of ether oxygens (including phenoxy) is 1. The van der Waals surface area contributed by atoms with E-state index < -0.39 is 0 Å². The van der Waals surface area contributed by atoms with Crippen molar-refractivity contribution in [3.8, 4) is 5.75 Å². The lowest BCUT2D eigenvalue weighted by molar-refractivity contribution is 0.154. The van der Waals surface area contributed by atoms with Crippen molar-refractivity contribution >= 4 is 0 Å². The highest BCUT2D eigenvalue weighted by atomic mass is 16.5. The molecule has 1 aromatic carbocycles. The zero-order chi connectivity index (χ0) is 12.7. The van der Waals surface area contributed by atoms with Gasteiger partial charge < -0.3 is 9.84 Å². The number of hydrogen-bond donors (Lipinski definition) is 1. The van der Waals surface area contributed by atoms with E-state index in [0.717, 1.165) is 31.4 Å². The predicted octanol–water partition coefficient (Wildman–Crippen LogP) is 3.57. The van der Waals surface area contributed by atoms with Crippen LogP contribution >= 0.6 is 0 Å². The largest absolute Gasteiger partial charge is 0.491 e. The van der Waals surface area contributed by atoms with Gasteiger partial charge in [-0.15, -0.1) is 0 Å². The zero-order valence-electron chi connectivity index (χ0n) is 11.1. The first kappa shape index (κ1) is 14.0. The molecule has 0 fully saturated rings. The summed E-state index contributed by atoms with van der Waals surface area (Å²) < 4.78 is 5.65. The summed E-state index contributed by atoms with van der Waals surface area (Å²) in [5.41, 5.74) is 1.23. The van der Waals surface area contributed by atoms with Crippen LogP contribution in [0.15, 0.2) is 24.3 Å². The summed E-state index contributed by atoms with van der Waals surface area (Å²) in [6, 6.07) is 8.15. The summed E-state index contributed by atoms with van der Waals surface area (Å²) >= 11 is 0. The van der Waals surface area contributed by atoms with Crippen LogP contribution in [-0.2, 0) is 6.42 Å². The summed E-state index contributed by atoms with van der Waals surface area (Å²) in [5, 5.41) is 9.69. The van der Waals surface area contributed by atoms with Crippen molar-refractivity contribution in [3.05, 3.63) is 29.8 Å². The maximum absolute atomic E-state index is 9.69. The third-order valence-corrected chi connectivity index (χ3v) is 2.66. The van der Waals surface area contributed by atoms with Gasteiger partial charge in [0.2, 0.25) is 0 Å². The SMILES string of the molecule is CCCC(O)CCc1cccc(OC(C)C)c1. The van der Waals surface area contributed by atoms with E-state index in [1.54, 1.807) is 0 Å². The Bertz CT molecular complexity index is 320. The van der Waals surface area contributed by atoms with Crippen molar-refractivity contribution in [1.29, 1.82) is 0 Å². The molecule has 1 N–H and O–H groups in total. The molecule has 1 atom stereocenters. The third-order valence-electron chi connectivity index (χ3n) is 2.66. The van der Waals surface area contributed by atoms with Gasteiger partial charge in [-0.05, 0) is 50.8 Å². The fraction of sp³-hybridized carbons (Fsp3) is 0.600. The molecule has 96 valence electrons. The maximum atomic E-state index is 9.69. The molecule has 2 nitrogen and oxygen atoms in total. The number of aliphatic hydroxyl groups excluding tert-OH is 1. The van der Waals surface area contributed by atoms with E-state index in [4.69, 9.17) is 4.74 Å². The summed E-state index contributed by atoms with van der Waals surface area (Å²) in [5.74, 6) is 0.919. The van der Waals surface area contributed by atoms with Gasteiger partial charge in [-0.2, -0.15) is 0 Å². The van der Waals surface area contributed by atoms with Crippen LogP contribution < -0.4 is 4.74 Å². The quantitative estimate of drug-likeness (QED) is 0.784. The van der Waals surface area contributed by atoms with E-state index in [1.807, 2.05) is 26.0 Å². The van der Waals surface area contributed by atoms with E-state index >= 15 is 0 Å². The van der Waals surface area contributed by atoms with E-state index in [1.165, 1.54) is 5.56 Å². The normalized spacial score (nSPS) is 12.8. The van der Waals surface area contributed by atoms with Gasteiger partial charge in [0, 0.05) is 0 Å². The van der Waals surface area contributed by atoms with Crippen LogP contribution in [0.4, 0.5) is 0 Å². The van der Waals surface area contributed by atoms with Gasteiger partial charge in [0.1, 0.15) is 5.75 Å². The summed E-state index contributed by atoms with van der Waals surface area (Å²) in [4.78, 5) is 0. The Balaban J connectivity index is 2.48. The summed E-state index contributed by atoms with van der Waals surface area (Å²) in [6.07, 6.45) is 3.71. The number of hydrogen-bond acceptors (Lipinski definition) is 2. The maximum Gasteiger partial charge on any atom is 0.119 e. The highest BCUT2D eigenvalue weighted by Gasteiger charge is 2.04. The molecular formula is C15H24O2. The molecule has 0 aromatic heterocycles. The minimum absolute atomic E-state index is 0.172. The highest BCUT2D eigenvalue weighted by Crippen LogP contribution is 2.17.